The van der Waals surface area contributed by atoms with Gasteiger partial charge >= 0.3 is 0 Å². The minimum Gasteiger partial charge on any atom is -0.312 e. The Bertz CT molecular complexity index is 1700. The Kier molecular flexibility index (Phi) is 6.05. The maximum Gasteiger partial charge on any atom is 0.230 e. The van der Waals surface area contributed by atoms with Crippen molar-refractivity contribution in [2.75, 3.05) is 16.8 Å². The minimum atomic E-state index is -0.530. The fraction of sp³-hybridized carbons (Fsp3) is 0.154. The van der Waals surface area contributed by atoms with E-state index in [9.17, 15) is 9.59 Å². The molecule has 0 saturated carbocycles. The molecule has 0 spiro atoms. The summed E-state index contributed by atoms with van der Waals surface area (Å²) in [5.41, 5.74) is 2.69. The Morgan fingerprint density at radius 1 is 1.00 bits per heavy atom. The van der Waals surface area contributed by atoms with Gasteiger partial charge in [0, 0.05) is 34.8 Å². The van der Waals surface area contributed by atoms with Crippen LogP contribution in [0, 0.1) is 12.8 Å². The van der Waals surface area contributed by atoms with Gasteiger partial charge in [-0.3, -0.25) is 9.59 Å². The van der Waals surface area contributed by atoms with Crippen LogP contribution < -0.4 is 10.2 Å². The summed E-state index contributed by atoms with van der Waals surface area (Å²) in [4.78, 5) is 36.4. The molecular weight excluding hydrogens is 527 g/mol. The first kappa shape index (κ1) is 24.1. The molecule has 3 aromatic heterocycles. The highest BCUT2D eigenvalue weighted by atomic mass is 35.5. The predicted octanol–water partition coefficient (Wildman–Crippen LogP) is 4.61. The number of amides is 2. The molecule has 1 unspecified atom stereocenters. The second kappa shape index (κ2) is 9.55. The van der Waals surface area contributed by atoms with E-state index in [4.69, 9.17) is 23.2 Å². The van der Waals surface area contributed by atoms with Crippen molar-refractivity contribution in [3.8, 4) is 11.5 Å². The minimum absolute atomic E-state index is 0.103. The quantitative estimate of drug-likeness (QED) is 0.344. The van der Waals surface area contributed by atoms with E-state index >= 15 is 0 Å². The van der Waals surface area contributed by atoms with Crippen molar-refractivity contribution in [2.24, 2.45) is 5.92 Å². The number of carbonyl (C=O) groups excluding carboxylic acids is 2. The number of aromatic nitrogens is 6. The van der Waals surface area contributed by atoms with E-state index in [-0.39, 0.29) is 24.8 Å². The fourth-order valence-electron chi connectivity index (χ4n) is 4.53. The van der Waals surface area contributed by atoms with E-state index in [0.717, 1.165) is 5.69 Å². The number of benzene rings is 2. The van der Waals surface area contributed by atoms with Crippen molar-refractivity contribution < 1.29 is 9.59 Å². The van der Waals surface area contributed by atoms with E-state index in [1.54, 1.807) is 62.9 Å². The predicted molar refractivity (Wildman–Crippen MR) is 144 cm³/mol. The van der Waals surface area contributed by atoms with Gasteiger partial charge in [-0.2, -0.15) is 14.9 Å². The molecule has 0 bridgehead atoms. The number of hydrogen-bond acceptors (Lipinski definition) is 6. The van der Waals surface area contributed by atoms with Gasteiger partial charge in [-0.1, -0.05) is 29.3 Å². The van der Waals surface area contributed by atoms with Crippen LogP contribution in [0.5, 0.6) is 0 Å². The summed E-state index contributed by atoms with van der Waals surface area (Å²) in [5.74, 6) is -0.0471. The first-order valence-electron chi connectivity index (χ1n) is 11.8. The van der Waals surface area contributed by atoms with Crippen LogP contribution in [0.15, 0.2) is 67.1 Å². The molecule has 2 amide bonds. The number of anilines is 2. The number of nitrogens with zero attached hydrogens (tertiary/aromatic N) is 7. The molecule has 1 N–H and O–H groups in total. The Morgan fingerprint density at radius 3 is 2.61 bits per heavy atom. The molecule has 5 aromatic rings. The zero-order valence-corrected chi connectivity index (χ0v) is 21.6. The number of nitrogens with one attached hydrogen (secondary N) is 1. The number of fused-ring (bicyclic) bond motifs is 1. The van der Waals surface area contributed by atoms with Gasteiger partial charge in [-0.25, -0.2) is 14.6 Å². The van der Waals surface area contributed by atoms with Crippen LogP contribution >= 0.6 is 23.2 Å². The molecule has 6 rings (SSSR count). The van der Waals surface area contributed by atoms with E-state index in [1.165, 1.54) is 6.33 Å². The highest BCUT2D eigenvalue weighted by molar-refractivity contribution is 6.31. The molecule has 1 aliphatic heterocycles. The lowest BCUT2D eigenvalue weighted by Crippen LogP contribution is -2.28. The van der Waals surface area contributed by atoms with Gasteiger partial charge in [0.25, 0.3) is 0 Å². The third-order valence-electron chi connectivity index (χ3n) is 6.32. The molecule has 0 radical (unpaired) electrons. The molecule has 12 heteroatoms. The molecule has 2 aromatic carbocycles. The molecule has 4 heterocycles. The van der Waals surface area contributed by atoms with Gasteiger partial charge in [0.1, 0.15) is 12.1 Å². The molecule has 38 heavy (non-hydrogen) atoms. The summed E-state index contributed by atoms with van der Waals surface area (Å²) in [5, 5.41) is 13.8. The Labute approximate surface area is 226 Å². The summed E-state index contributed by atoms with van der Waals surface area (Å²) in [6, 6.07) is 16.0. The zero-order valence-electron chi connectivity index (χ0n) is 20.0. The number of rotatable bonds is 5. The molecule has 1 aliphatic rings. The van der Waals surface area contributed by atoms with Crippen LogP contribution in [-0.2, 0) is 9.59 Å². The lowest BCUT2D eigenvalue weighted by molar-refractivity contribution is -0.122. The standard InChI is InChI=1S/C26H20Cl2N8O2/c1-15-9-22(32-26(38)16-10-23(37)34(13-16)19-7-5-17(27)6-8-19)36(33-15)25-21-12-31-35(24(21)29-14-30-25)20-4-2-3-18(28)11-20/h2-9,11-12,14,16H,10,13H2,1H3,(H,32,38). The third-order valence-corrected chi connectivity index (χ3v) is 6.80. The van der Waals surface area contributed by atoms with Gasteiger partial charge in [0.05, 0.1) is 28.9 Å². The number of halogens is 2. The van der Waals surface area contributed by atoms with Crippen LogP contribution in [0.3, 0.4) is 0 Å². The van der Waals surface area contributed by atoms with Gasteiger partial charge < -0.3 is 10.2 Å². The normalized spacial score (nSPS) is 15.4. The Morgan fingerprint density at radius 2 is 1.82 bits per heavy atom. The van der Waals surface area contributed by atoms with Crippen LogP contribution in [0.25, 0.3) is 22.5 Å². The van der Waals surface area contributed by atoms with Gasteiger partial charge in [0.2, 0.25) is 11.8 Å². The first-order valence-corrected chi connectivity index (χ1v) is 12.5. The summed E-state index contributed by atoms with van der Waals surface area (Å²) in [6.07, 6.45) is 3.17. The smallest absolute Gasteiger partial charge is 0.230 e. The molecular formula is C26H20Cl2N8O2. The van der Waals surface area contributed by atoms with E-state index in [1.807, 2.05) is 19.1 Å². The highest BCUT2D eigenvalue weighted by Gasteiger charge is 2.35. The van der Waals surface area contributed by atoms with E-state index in [0.29, 0.717) is 44.1 Å². The second-order valence-electron chi connectivity index (χ2n) is 8.92. The lowest BCUT2D eigenvalue weighted by atomic mass is 10.1. The molecule has 1 fully saturated rings. The molecule has 1 atom stereocenters. The molecule has 1 saturated heterocycles. The molecule has 0 aliphatic carbocycles. The maximum atomic E-state index is 13.3. The van der Waals surface area contributed by atoms with Crippen LogP contribution in [0.1, 0.15) is 12.1 Å². The zero-order chi connectivity index (χ0) is 26.4. The molecule has 10 nitrogen and oxygen atoms in total. The SMILES string of the molecule is Cc1cc(NC(=O)C2CC(=O)N(c3ccc(Cl)cc3)C2)n(-c2ncnc3c2cnn3-c2cccc(Cl)c2)n1. The summed E-state index contributed by atoms with van der Waals surface area (Å²) < 4.78 is 3.21. The fourth-order valence-corrected chi connectivity index (χ4v) is 4.84. The van der Waals surface area contributed by atoms with Crippen molar-refractivity contribution in [1.29, 1.82) is 0 Å². The van der Waals surface area contributed by atoms with Crippen LogP contribution in [0.4, 0.5) is 11.5 Å². The van der Waals surface area contributed by atoms with Crippen LogP contribution in [0.2, 0.25) is 10.0 Å². The summed E-state index contributed by atoms with van der Waals surface area (Å²) >= 11 is 12.1. The van der Waals surface area contributed by atoms with E-state index in [2.05, 4.69) is 25.5 Å². The molecule has 190 valence electrons. The summed E-state index contributed by atoms with van der Waals surface area (Å²) in [7, 11) is 0. The van der Waals surface area contributed by atoms with Crippen molar-refractivity contribution in [3.05, 3.63) is 82.9 Å². The summed E-state index contributed by atoms with van der Waals surface area (Å²) in [6.45, 7) is 2.09. The topological polar surface area (TPSA) is 111 Å². The van der Waals surface area contributed by atoms with Gasteiger partial charge in [-0.15, -0.1) is 0 Å². The van der Waals surface area contributed by atoms with E-state index < -0.39 is 5.92 Å². The third kappa shape index (κ3) is 4.37. The second-order valence-corrected chi connectivity index (χ2v) is 9.80. The lowest BCUT2D eigenvalue weighted by Gasteiger charge is -2.17. The first-order chi connectivity index (χ1) is 18.4. The number of aryl methyl sites for hydroxylation is 1. The van der Waals surface area contributed by atoms with Crippen LogP contribution in [-0.4, -0.2) is 47.9 Å². The average Bonchev–Trinajstić information content (AvgIpc) is 3.61. The highest BCUT2D eigenvalue weighted by Crippen LogP contribution is 2.29. The number of hydrogen-bond donors (Lipinski definition) is 1. The Hall–Kier alpha value is -4.28. The largest absolute Gasteiger partial charge is 0.312 e. The number of carbonyl (C=O) groups is 2. The van der Waals surface area contributed by atoms with Crippen molar-refractivity contribution in [1.82, 2.24) is 29.5 Å². The maximum absolute atomic E-state index is 13.3. The van der Waals surface area contributed by atoms with Crippen molar-refractivity contribution in [3.63, 3.8) is 0 Å². The van der Waals surface area contributed by atoms with Gasteiger partial charge in [0.15, 0.2) is 11.5 Å². The average molecular weight is 547 g/mol. The van der Waals surface area contributed by atoms with Gasteiger partial charge in [-0.05, 0) is 49.4 Å². The van der Waals surface area contributed by atoms with Crippen molar-refractivity contribution >= 4 is 57.6 Å². The van der Waals surface area contributed by atoms with Crippen molar-refractivity contribution in [2.45, 2.75) is 13.3 Å². The Balaban J connectivity index is 1.29. The monoisotopic (exact) mass is 546 g/mol.